The molecular weight excluding hydrogens is 286 g/mol. The monoisotopic (exact) mass is 307 g/mol. The van der Waals surface area contributed by atoms with Gasteiger partial charge in [-0.2, -0.15) is 0 Å². The standard InChI is InChI=1S/C16H21NO5/c1-16(2,3)22-15(20)17-9-11-7-12(21-4)6-5-10(11)8-13(17)14(18)19/h5-7,13H,8-9H2,1-4H3,(H,18,19). The highest BCUT2D eigenvalue weighted by molar-refractivity contribution is 5.81. The van der Waals surface area contributed by atoms with Crippen molar-refractivity contribution in [2.45, 2.75) is 45.4 Å². The van der Waals surface area contributed by atoms with Gasteiger partial charge in [0, 0.05) is 6.42 Å². The van der Waals surface area contributed by atoms with Gasteiger partial charge in [0.05, 0.1) is 13.7 Å². The average molecular weight is 307 g/mol. The summed E-state index contributed by atoms with van der Waals surface area (Å²) in [6, 6.07) is 4.54. The van der Waals surface area contributed by atoms with Gasteiger partial charge in [-0.15, -0.1) is 0 Å². The fourth-order valence-electron chi connectivity index (χ4n) is 2.42. The van der Waals surface area contributed by atoms with Crippen LogP contribution in [0.5, 0.6) is 5.75 Å². The first-order valence-electron chi connectivity index (χ1n) is 7.09. The summed E-state index contributed by atoms with van der Waals surface area (Å²) in [5.74, 6) is -0.357. The van der Waals surface area contributed by atoms with E-state index in [1.54, 1.807) is 33.9 Å². The lowest BCUT2D eigenvalue weighted by atomic mass is 9.94. The molecule has 1 aromatic carbocycles. The third kappa shape index (κ3) is 3.50. The summed E-state index contributed by atoms with van der Waals surface area (Å²) in [4.78, 5) is 25.1. The van der Waals surface area contributed by atoms with Gasteiger partial charge < -0.3 is 14.6 Å². The molecule has 1 heterocycles. The molecule has 0 saturated carbocycles. The molecule has 120 valence electrons. The molecule has 1 aliphatic heterocycles. The number of nitrogens with zero attached hydrogens (tertiary/aromatic N) is 1. The highest BCUT2D eigenvalue weighted by atomic mass is 16.6. The molecule has 0 bridgehead atoms. The predicted octanol–water partition coefficient (Wildman–Crippen LogP) is 2.44. The maximum absolute atomic E-state index is 12.3. The Morgan fingerprint density at radius 2 is 1.95 bits per heavy atom. The maximum Gasteiger partial charge on any atom is 0.411 e. The highest BCUT2D eigenvalue weighted by Crippen LogP contribution is 2.28. The Balaban J connectivity index is 2.31. The van der Waals surface area contributed by atoms with Gasteiger partial charge in [-0.25, -0.2) is 9.59 Å². The van der Waals surface area contributed by atoms with E-state index < -0.39 is 23.7 Å². The van der Waals surface area contributed by atoms with Gasteiger partial charge in [-0.3, -0.25) is 4.90 Å². The van der Waals surface area contributed by atoms with Crippen LogP contribution in [0.15, 0.2) is 18.2 Å². The van der Waals surface area contributed by atoms with Crippen LogP contribution >= 0.6 is 0 Å². The van der Waals surface area contributed by atoms with Gasteiger partial charge in [-0.05, 0) is 44.0 Å². The highest BCUT2D eigenvalue weighted by Gasteiger charge is 2.37. The summed E-state index contributed by atoms with van der Waals surface area (Å²) in [7, 11) is 1.57. The first kappa shape index (κ1) is 16.1. The molecule has 0 aliphatic carbocycles. The second-order valence-electron chi connectivity index (χ2n) is 6.30. The number of benzene rings is 1. The molecule has 0 spiro atoms. The summed E-state index contributed by atoms with van der Waals surface area (Å²) < 4.78 is 10.5. The predicted molar refractivity (Wildman–Crippen MR) is 79.9 cm³/mol. The summed E-state index contributed by atoms with van der Waals surface area (Å²) in [6.07, 6.45) is -0.359. The fourth-order valence-corrected chi connectivity index (χ4v) is 2.42. The van der Waals surface area contributed by atoms with Crippen LogP contribution in [0, 0.1) is 0 Å². The van der Waals surface area contributed by atoms with E-state index in [0.717, 1.165) is 11.1 Å². The van der Waals surface area contributed by atoms with E-state index in [4.69, 9.17) is 9.47 Å². The van der Waals surface area contributed by atoms with Crippen LogP contribution in [-0.4, -0.2) is 40.8 Å². The molecule has 6 nitrogen and oxygen atoms in total. The number of methoxy groups -OCH3 is 1. The molecule has 1 atom stereocenters. The summed E-state index contributed by atoms with van der Waals surface area (Å²) in [6.45, 7) is 5.45. The summed E-state index contributed by atoms with van der Waals surface area (Å²) in [5.41, 5.74) is 1.12. The molecule has 0 radical (unpaired) electrons. The van der Waals surface area contributed by atoms with Crippen LogP contribution in [0.3, 0.4) is 0 Å². The Hall–Kier alpha value is -2.24. The third-order valence-electron chi connectivity index (χ3n) is 3.46. The van der Waals surface area contributed by atoms with Crippen molar-refractivity contribution in [3.05, 3.63) is 29.3 Å². The van der Waals surface area contributed by atoms with Crippen molar-refractivity contribution < 1.29 is 24.2 Å². The molecule has 22 heavy (non-hydrogen) atoms. The molecule has 1 N–H and O–H groups in total. The number of rotatable bonds is 2. The lowest BCUT2D eigenvalue weighted by molar-refractivity contribution is -0.143. The van der Waals surface area contributed by atoms with Crippen molar-refractivity contribution in [2.24, 2.45) is 0 Å². The Bertz CT molecular complexity index is 591. The number of hydrogen-bond donors (Lipinski definition) is 1. The number of carboxylic acids is 1. The van der Waals surface area contributed by atoms with Crippen LogP contribution in [-0.2, 0) is 22.5 Å². The minimum absolute atomic E-state index is 0.193. The van der Waals surface area contributed by atoms with Gasteiger partial charge in [0.15, 0.2) is 0 Å². The SMILES string of the molecule is COc1ccc2c(c1)CN(C(=O)OC(C)(C)C)C(C(=O)O)C2. The van der Waals surface area contributed by atoms with Gasteiger partial charge >= 0.3 is 12.1 Å². The number of amides is 1. The minimum Gasteiger partial charge on any atom is -0.497 e. The van der Waals surface area contributed by atoms with Crippen LogP contribution in [0.4, 0.5) is 4.79 Å². The van der Waals surface area contributed by atoms with Crippen molar-refractivity contribution in [1.82, 2.24) is 4.90 Å². The lowest BCUT2D eigenvalue weighted by Crippen LogP contribution is -2.50. The molecule has 1 aliphatic rings. The second-order valence-corrected chi connectivity index (χ2v) is 6.30. The van der Waals surface area contributed by atoms with Crippen LogP contribution in [0.2, 0.25) is 0 Å². The topological polar surface area (TPSA) is 76.1 Å². The molecule has 1 amide bonds. The van der Waals surface area contributed by atoms with Gasteiger partial charge in [0.1, 0.15) is 17.4 Å². The largest absolute Gasteiger partial charge is 0.497 e. The molecular formula is C16H21NO5. The van der Waals surface area contributed by atoms with Crippen molar-refractivity contribution >= 4 is 12.1 Å². The van der Waals surface area contributed by atoms with Gasteiger partial charge in [0.25, 0.3) is 0 Å². The van der Waals surface area contributed by atoms with E-state index in [1.165, 1.54) is 4.90 Å². The number of fused-ring (bicyclic) bond motifs is 1. The Labute approximate surface area is 129 Å². The van der Waals surface area contributed by atoms with Crippen molar-refractivity contribution in [1.29, 1.82) is 0 Å². The Morgan fingerprint density at radius 3 is 2.50 bits per heavy atom. The molecule has 6 heteroatoms. The van der Waals surface area contributed by atoms with Crippen LogP contribution in [0.25, 0.3) is 0 Å². The maximum atomic E-state index is 12.3. The number of aliphatic carboxylic acids is 1. The number of carbonyl (C=O) groups excluding carboxylic acids is 1. The fraction of sp³-hybridized carbons (Fsp3) is 0.500. The smallest absolute Gasteiger partial charge is 0.411 e. The average Bonchev–Trinajstić information content (AvgIpc) is 2.43. The minimum atomic E-state index is -1.03. The van der Waals surface area contributed by atoms with E-state index in [1.807, 2.05) is 12.1 Å². The first-order chi connectivity index (χ1) is 10.2. The van der Waals surface area contributed by atoms with E-state index in [0.29, 0.717) is 5.75 Å². The molecule has 0 saturated heterocycles. The summed E-state index contributed by atoms with van der Waals surface area (Å²) >= 11 is 0. The molecule has 0 fully saturated rings. The molecule has 1 aromatic rings. The zero-order valence-corrected chi connectivity index (χ0v) is 13.3. The van der Waals surface area contributed by atoms with Crippen molar-refractivity contribution in [3.8, 4) is 5.75 Å². The number of carbonyl (C=O) groups is 2. The van der Waals surface area contributed by atoms with E-state index >= 15 is 0 Å². The van der Waals surface area contributed by atoms with Gasteiger partial charge in [-0.1, -0.05) is 6.07 Å². The van der Waals surface area contributed by atoms with E-state index in [-0.39, 0.29) is 13.0 Å². The first-order valence-corrected chi connectivity index (χ1v) is 7.09. The number of carboxylic acid groups (broad SMARTS) is 1. The Morgan fingerprint density at radius 1 is 1.27 bits per heavy atom. The van der Waals surface area contributed by atoms with E-state index in [2.05, 4.69) is 0 Å². The number of ether oxygens (including phenoxy) is 2. The normalized spacial score (nSPS) is 17.6. The Kier molecular flexibility index (Phi) is 4.30. The zero-order valence-electron chi connectivity index (χ0n) is 13.3. The third-order valence-corrected chi connectivity index (χ3v) is 3.46. The van der Waals surface area contributed by atoms with Crippen molar-refractivity contribution in [2.75, 3.05) is 7.11 Å². The molecule has 1 unspecified atom stereocenters. The zero-order chi connectivity index (χ0) is 16.5. The molecule has 0 aromatic heterocycles. The lowest BCUT2D eigenvalue weighted by Gasteiger charge is -2.35. The van der Waals surface area contributed by atoms with E-state index in [9.17, 15) is 14.7 Å². The van der Waals surface area contributed by atoms with Crippen LogP contribution < -0.4 is 4.74 Å². The quantitative estimate of drug-likeness (QED) is 0.908. The number of hydrogen-bond acceptors (Lipinski definition) is 4. The summed E-state index contributed by atoms with van der Waals surface area (Å²) in [5, 5.41) is 9.41. The van der Waals surface area contributed by atoms with Crippen LogP contribution in [0.1, 0.15) is 31.9 Å². The van der Waals surface area contributed by atoms with Crippen molar-refractivity contribution in [3.63, 3.8) is 0 Å². The molecule has 2 rings (SSSR count). The second kappa shape index (κ2) is 5.87. The van der Waals surface area contributed by atoms with Gasteiger partial charge in [0.2, 0.25) is 0 Å².